The number of nitrogens with zero attached hydrogens (tertiary/aromatic N) is 1. The van der Waals surface area contributed by atoms with Crippen LogP contribution in [0, 0.1) is 10.8 Å². The zero-order valence-electron chi connectivity index (χ0n) is 10.8. The van der Waals surface area contributed by atoms with Crippen molar-refractivity contribution in [2.45, 2.75) is 57.0 Å². The summed E-state index contributed by atoms with van der Waals surface area (Å²) in [5.41, 5.74) is 0. The molecule has 0 radical (unpaired) electrons. The third-order valence-electron chi connectivity index (χ3n) is 4.30. The Balaban J connectivity index is 2.16. The molecular weight excluding hydrogens is 220 g/mol. The number of rotatable bonds is 2. The molecule has 17 heavy (non-hydrogen) atoms. The molecule has 6 unspecified atom stereocenters. The summed E-state index contributed by atoms with van der Waals surface area (Å²) in [6, 6.07) is 0.271. The Morgan fingerprint density at radius 3 is 2.82 bits per heavy atom. The number of nitroso groups, excluding NO2 is 1. The number of methoxy groups -OCH3 is 1. The monoisotopic (exact) mass is 242 g/mol. The number of nitrogens with one attached hydrogen (secondary N) is 1. The van der Waals surface area contributed by atoms with E-state index < -0.39 is 0 Å². The molecule has 2 aliphatic heterocycles. The topological polar surface area (TPSA) is 59.9 Å². The van der Waals surface area contributed by atoms with Gasteiger partial charge in [-0.2, -0.15) is 4.91 Å². The van der Waals surface area contributed by atoms with Crippen molar-refractivity contribution in [3.05, 3.63) is 4.91 Å². The fraction of sp³-hybridized carbons (Fsp3) is 1.00. The number of ether oxygens (including phenoxy) is 2. The van der Waals surface area contributed by atoms with E-state index in [1.807, 2.05) is 0 Å². The second-order valence-corrected chi connectivity index (χ2v) is 5.22. The predicted octanol–water partition coefficient (Wildman–Crippen LogP) is 1.31. The SMILES string of the molecule is COC1CCOC2CC(N=O)C(C)C(C)NC12. The van der Waals surface area contributed by atoms with Crippen LogP contribution in [0.5, 0.6) is 0 Å². The van der Waals surface area contributed by atoms with Crippen molar-refractivity contribution < 1.29 is 9.47 Å². The second-order valence-electron chi connectivity index (χ2n) is 5.22. The Morgan fingerprint density at radius 1 is 1.41 bits per heavy atom. The highest BCUT2D eigenvalue weighted by Gasteiger charge is 2.42. The maximum atomic E-state index is 10.9. The van der Waals surface area contributed by atoms with Crippen molar-refractivity contribution >= 4 is 0 Å². The second kappa shape index (κ2) is 5.42. The highest BCUT2D eigenvalue weighted by atomic mass is 16.5. The lowest BCUT2D eigenvalue weighted by molar-refractivity contribution is -0.0860. The summed E-state index contributed by atoms with van der Waals surface area (Å²) in [6.07, 6.45) is 1.83. The van der Waals surface area contributed by atoms with Crippen LogP contribution >= 0.6 is 0 Å². The Labute approximate surface area is 102 Å². The van der Waals surface area contributed by atoms with Crippen LogP contribution in [0.1, 0.15) is 26.7 Å². The van der Waals surface area contributed by atoms with Crippen LogP contribution in [-0.2, 0) is 9.47 Å². The van der Waals surface area contributed by atoms with Gasteiger partial charge in [-0.05, 0) is 19.3 Å². The normalized spacial score (nSPS) is 47.0. The van der Waals surface area contributed by atoms with Gasteiger partial charge in [0.05, 0.1) is 24.3 Å². The maximum absolute atomic E-state index is 10.9. The van der Waals surface area contributed by atoms with Gasteiger partial charge in [0.25, 0.3) is 0 Å². The zero-order chi connectivity index (χ0) is 12.4. The van der Waals surface area contributed by atoms with E-state index in [0.717, 1.165) is 6.42 Å². The van der Waals surface area contributed by atoms with E-state index in [0.29, 0.717) is 13.0 Å². The van der Waals surface area contributed by atoms with E-state index in [4.69, 9.17) is 9.47 Å². The smallest absolute Gasteiger partial charge is 0.0985 e. The van der Waals surface area contributed by atoms with Crippen LogP contribution in [0.15, 0.2) is 5.18 Å². The first-order valence-corrected chi connectivity index (χ1v) is 6.40. The van der Waals surface area contributed by atoms with E-state index in [1.165, 1.54) is 0 Å². The standard InChI is InChI=1S/C12H22N2O3/c1-7-8(2)13-12-10(16-3)4-5-17-11(12)6-9(7)14-15/h7-13H,4-6H2,1-3H3. The van der Waals surface area contributed by atoms with Crippen LogP contribution in [0.4, 0.5) is 0 Å². The fourth-order valence-corrected chi connectivity index (χ4v) is 2.93. The van der Waals surface area contributed by atoms with E-state index in [-0.39, 0.29) is 36.3 Å². The highest BCUT2D eigenvalue weighted by molar-refractivity contribution is 4.98. The van der Waals surface area contributed by atoms with Gasteiger partial charge < -0.3 is 14.8 Å². The van der Waals surface area contributed by atoms with Crippen molar-refractivity contribution in [1.82, 2.24) is 5.32 Å². The molecule has 0 saturated carbocycles. The van der Waals surface area contributed by atoms with Crippen molar-refractivity contribution in [3.63, 3.8) is 0 Å². The molecule has 0 bridgehead atoms. The summed E-state index contributed by atoms with van der Waals surface area (Å²) in [5.74, 6) is 0.235. The van der Waals surface area contributed by atoms with E-state index in [9.17, 15) is 4.91 Å². The predicted molar refractivity (Wildman–Crippen MR) is 64.9 cm³/mol. The summed E-state index contributed by atoms with van der Waals surface area (Å²) >= 11 is 0. The Kier molecular flexibility index (Phi) is 4.12. The first kappa shape index (κ1) is 12.9. The summed E-state index contributed by atoms with van der Waals surface area (Å²) in [5, 5.41) is 6.82. The molecule has 2 rings (SSSR count). The molecule has 0 spiro atoms. The third-order valence-corrected chi connectivity index (χ3v) is 4.30. The highest BCUT2D eigenvalue weighted by Crippen LogP contribution is 2.29. The molecule has 0 aliphatic carbocycles. The van der Waals surface area contributed by atoms with Crippen LogP contribution < -0.4 is 5.32 Å². The third kappa shape index (κ3) is 2.51. The molecule has 0 amide bonds. The Morgan fingerprint density at radius 2 is 2.18 bits per heavy atom. The minimum atomic E-state index is -0.164. The lowest BCUT2D eigenvalue weighted by atomic mass is 9.92. The van der Waals surface area contributed by atoms with E-state index in [1.54, 1.807) is 7.11 Å². The van der Waals surface area contributed by atoms with Gasteiger partial charge >= 0.3 is 0 Å². The first-order chi connectivity index (χ1) is 8.17. The van der Waals surface area contributed by atoms with Crippen LogP contribution in [0.2, 0.25) is 0 Å². The summed E-state index contributed by atoms with van der Waals surface area (Å²) < 4.78 is 11.3. The lowest BCUT2D eigenvalue weighted by Gasteiger charge is -2.37. The van der Waals surface area contributed by atoms with E-state index in [2.05, 4.69) is 24.3 Å². The number of hydrogen-bond donors (Lipinski definition) is 1. The van der Waals surface area contributed by atoms with Crippen LogP contribution in [0.25, 0.3) is 0 Å². The minimum absolute atomic E-state index is 0.0452. The van der Waals surface area contributed by atoms with Gasteiger partial charge in [-0.25, -0.2) is 0 Å². The molecule has 2 fully saturated rings. The molecule has 6 atom stereocenters. The van der Waals surface area contributed by atoms with Gasteiger partial charge in [-0.3, -0.25) is 0 Å². The summed E-state index contributed by atoms with van der Waals surface area (Å²) in [7, 11) is 1.74. The molecule has 5 nitrogen and oxygen atoms in total. The van der Waals surface area contributed by atoms with Crippen LogP contribution in [0.3, 0.4) is 0 Å². The summed E-state index contributed by atoms with van der Waals surface area (Å²) in [6.45, 7) is 4.88. The molecule has 98 valence electrons. The molecule has 2 saturated heterocycles. The average Bonchev–Trinajstić information content (AvgIpc) is 2.47. The molecule has 2 heterocycles. The molecule has 0 aromatic heterocycles. The number of hydrogen-bond acceptors (Lipinski definition) is 5. The van der Waals surface area contributed by atoms with Gasteiger partial charge in [0.2, 0.25) is 0 Å². The largest absolute Gasteiger partial charge is 0.380 e. The van der Waals surface area contributed by atoms with Gasteiger partial charge in [0.1, 0.15) is 0 Å². The van der Waals surface area contributed by atoms with Crippen molar-refractivity contribution in [1.29, 1.82) is 0 Å². The maximum Gasteiger partial charge on any atom is 0.0985 e. The quantitative estimate of drug-likeness (QED) is 0.742. The molecular formula is C12H22N2O3. The summed E-state index contributed by atoms with van der Waals surface area (Å²) in [4.78, 5) is 10.9. The van der Waals surface area contributed by atoms with E-state index >= 15 is 0 Å². The average molecular weight is 242 g/mol. The zero-order valence-corrected chi connectivity index (χ0v) is 10.8. The van der Waals surface area contributed by atoms with Gasteiger partial charge in [0.15, 0.2) is 0 Å². The number of fused-ring (bicyclic) bond motifs is 1. The van der Waals surface area contributed by atoms with Crippen LogP contribution in [-0.4, -0.2) is 44.1 Å². The van der Waals surface area contributed by atoms with Crippen molar-refractivity contribution in [3.8, 4) is 0 Å². The van der Waals surface area contributed by atoms with Crippen molar-refractivity contribution in [2.75, 3.05) is 13.7 Å². The molecule has 0 aromatic rings. The minimum Gasteiger partial charge on any atom is -0.380 e. The Hall–Kier alpha value is -0.520. The molecule has 1 N–H and O–H groups in total. The van der Waals surface area contributed by atoms with Gasteiger partial charge in [-0.1, -0.05) is 12.1 Å². The van der Waals surface area contributed by atoms with Gasteiger partial charge in [-0.15, -0.1) is 0 Å². The molecule has 0 aromatic carbocycles. The molecule has 2 aliphatic rings. The Bertz CT molecular complexity index is 274. The molecule has 5 heteroatoms. The van der Waals surface area contributed by atoms with Crippen molar-refractivity contribution in [2.24, 2.45) is 11.1 Å². The van der Waals surface area contributed by atoms with Gasteiger partial charge in [0, 0.05) is 26.2 Å². The first-order valence-electron chi connectivity index (χ1n) is 6.40. The fourth-order valence-electron chi connectivity index (χ4n) is 2.93. The lowest BCUT2D eigenvalue weighted by Crippen LogP contribution is -2.55.